The Balaban J connectivity index is 1.72. The van der Waals surface area contributed by atoms with Crippen LogP contribution in [0.1, 0.15) is 56.3 Å². The van der Waals surface area contributed by atoms with Crippen molar-refractivity contribution in [2.45, 2.75) is 57.4 Å². The minimum Gasteiger partial charge on any atom is -0.343 e. The molecule has 0 atom stereocenters. The Morgan fingerprint density at radius 1 is 1.17 bits per heavy atom. The molecule has 23 heavy (non-hydrogen) atoms. The molecule has 1 aliphatic rings. The highest BCUT2D eigenvalue weighted by Gasteiger charge is 2.39. The lowest BCUT2D eigenvalue weighted by molar-refractivity contribution is -0.121. The number of carbonyl (C=O) groups is 1. The molecule has 1 aliphatic carbocycles. The average Bonchev–Trinajstić information content (AvgIpc) is 3.04. The molecule has 5 nitrogen and oxygen atoms in total. The Bertz CT molecular complexity index is 645. The molecule has 1 N–H and O–H groups in total. The summed E-state index contributed by atoms with van der Waals surface area (Å²) in [5.74, 6) is 1.23. The summed E-state index contributed by atoms with van der Waals surface area (Å²) in [7, 11) is 0. The summed E-state index contributed by atoms with van der Waals surface area (Å²) in [4.78, 5) is 16.2. The monoisotopic (exact) mass is 313 g/mol. The zero-order valence-electron chi connectivity index (χ0n) is 13.5. The molecule has 1 aromatic carbocycles. The first-order valence-corrected chi connectivity index (χ1v) is 8.34. The van der Waals surface area contributed by atoms with Crippen LogP contribution in [0.5, 0.6) is 0 Å². The lowest BCUT2D eigenvalue weighted by Crippen LogP contribution is -2.47. The molecule has 3 rings (SSSR count). The largest absolute Gasteiger partial charge is 0.343 e. The number of rotatable bonds is 5. The van der Waals surface area contributed by atoms with E-state index in [0.717, 1.165) is 32.1 Å². The second-order valence-corrected chi connectivity index (χ2v) is 6.32. The van der Waals surface area contributed by atoms with Gasteiger partial charge in [-0.05, 0) is 24.8 Å². The zero-order chi connectivity index (χ0) is 16.1. The van der Waals surface area contributed by atoms with Gasteiger partial charge in [0.1, 0.15) is 5.54 Å². The average molecular weight is 313 g/mol. The van der Waals surface area contributed by atoms with Crippen LogP contribution in [0.25, 0.3) is 0 Å². The highest BCUT2D eigenvalue weighted by molar-refractivity contribution is 5.74. The van der Waals surface area contributed by atoms with Crippen LogP contribution in [0.4, 0.5) is 0 Å². The molecule has 0 saturated heterocycles. The van der Waals surface area contributed by atoms with Crippen molar-refractivity contribution in [1.29, 1.82) is 0 Å². The second-order valence-electron chi connectivity index (χ2n) is 6.32. The van der Waals surface area contributed by atoms with Crippen LogP contribution < -0.4 is 5.32 Å². The Labute approximate surface area is 136 Å². The van der Waals surface area contributed by atoms with Crippen LogP contribution in [-0.4, -0.2) is 16.0 Å². The van der Waals surface area contributed by atoms with Crippen molar-refractivity contribution in [3.8, 4) is 0 Å². The molecule has 0 unspecified atom stereocenters. The molecule has 0 spiro atoms. The van der Waals surface area contributed by atoms with Gasteiger partial charge in [-0.2, -0.15) is 4.98 Å². The molecule has 0 radical (unpaired) electrons. The first-order valence-electron chi connectivity index (χ1n) is 8.34. The highest BCUT2D eigenvalue weighted by atomic mass is 16.5. The summed E-state index contributed by atoms with van der Waals surface area (Å²) in [6, 6.07) is 10.3. The lowest BCUT2D eigenvalue weighted by atomic mass is 9.81. The van der Waals surface area contributed by atoms with Gasteiger partial charge in [-0.3, -0.25) is 4.79 Å². The van der Waals surface area contributed by atoms with Crippen LogP contribution in [0.3, 0.4) is 0 Å². The number of amides is 1. The van der Waals surface area contributed by atoms with Crippen LogP contribution in [0.2, 0.25) is 0 Å². The van der Waals surface area contributed by atoms with Gasteiger partial charge in [0.2, 0.25) is 11.8 Å². The van der Waals surface area contributed by atoms with Gasteiger partial charge >= 0.3 is 0 Å². The van der Waals surface area contributed by atoms with Crippen molar-refractivity contribution in [1.82, 2.24) is 15.5 Å². The zero-order valence-corrected chi connectivity index (χ0v) is 13.5. The molecule has 0 bridgehead atoms. The number of aryl methyl sites for hydroxylation is 2. The van der Waals surface area contributed by atoms with Gasteiger partial charge in [-0.15, -0.1) is 0 Å². The predicted octanol–water partition coefficient (Wildman–Crippen LogP) is 3.15. The van der Waals surface area contributed by atoms with Crippen molar-refractivity contribution < 1.29 is 9.32 Å². The lowest BCUT2D eigenvalue weighted by Gasteiger charge is -2.34. The maximum atomic E-state index is 11.6. The minimum absolute atomic E-state index is 0.0393. The molecule has 1 aromatic heterocycles. The fraction of sp³-hybridized carbons (Fsp3) is 0.500. The molecular weight excluding hydrogens is 290 g/mol. The first-order chi connectivity index (χ1) is 11.2. The number of carbonyl (C=O) groups excluding carboxylic acids is 1. The molecule has 2 aromatic rings. The number of hydrogen-bond acceptors (Lipinski definition) is 4. The van der Waals surface area contributed by atoms with Crippen molar-refractivity contribution >= 4 is 5.91 Å². The standard InChI is InChI=1S/C18H23N3O2/c1-14(22)20-18(12-6-3-7-13-18)17-19-16(23-21-17)11-10-15-8-4-2-5-9-15/h2,4-5,8-9H,3,6-7,10-13H2,1H3,(H,20,22). The molecule has 0 aliphatic heterocycles. The summed E-state index contributed by atoms with van der Waals surface area (Å²) in [5.41, 5.74) is 0.806. The smallest absolute Gasteiger partial charge is 0.227 e. The Kier molecular flexibility index (Phi) is 4.74. The fourth-order valence-corrected chi connectivity index (χ4v) is 3.34. The third-order valence-electron chi connectivity index (χ3n) is 4.49. The maximum Gasteiger partial charge on any atom is 0.227 e. The first kappa shape index (κ1) is 15.7. The van der Waals surface area contributed by atoms with E-state index in [2.05, 4.69) is 27.6 Å². The fourth-order valence-electron chi connectivity index (χ4n) is 3.34. The van der Waals surface area contributed by atoms with Crippen molar-refractivity contribution in [2.24, 2.45) is 0 Å². The number of hydrogen-bond donors (Lipinski definition) is 1. The Morgan fingerprint density at radius 2 is 1.91 bits per heavy atom. The molecule has 1 fully saturated rings. The minimum atomic E-state index is -0.446. The van der Waals surface area contributed by atoms with Gasteiger partial charge in [-0.25, -0.2) is 0 Å². The van der Waals surface area contributed by atoms with Crippen LogP contribution in [0, 0.1) is 0 Å². The SMILES string of the molecule is CC(=O)NC1(c2noc(CCc3ccccc3)n2)CCCCC1. The highest BCUT2D eigenvalue weighted by Crippen LogP contribution is 2.35. The summed E-state index contributed by atoms with van der Waals surface area (Å²) in [5, 5.41) is 7.25. The van der Waals surface area contributed by atoms with Gasteiger partial charge < -0.3 is 9.84 Å². The summed E-state index contributed by atoms with van der Waals surface area (Å²) >= 11 is 0. The number of nitrogens with one attached hydrogen (secondary N) is 1. The van der Waals surface area contributed by atoms with Crippen molar-refractivity contribution in [3.05, 3.63) is 47.6 Å². The Hall–Kier alpha value is -2.17. The molecule has 1 heterocycles. The third kappa shape index (κ3) is 3.78. The van der Waals surface area contributed by atoms with E-state index in [1.807, 2.05) is 18.2 Å². The number of aromatic nitrogens is 2. The topological polar surface area (TPSA) is 68.0 Å². The van der Waals surface area contributed by atoms with E-state index in [1.54, 1.807) is 6.92 Å². The van der Waals surface area contributed by atoms with Gasteiger partial charge in [0.05, 0.1) is 0 Å². The molecular formula is C18H23N3O2. The van der Waals surface area contributed by atoms with Crippen LogP contribution >= 0.6 is 0 Å². The van der Waals surface area contributed by atoms with E-state index in [9.17, 15) is 4.79 Å². The van der Waals surface area contributed by atoms with E-state index >= 15 is 0 Å². The van der Waals surface area contributed by atoms with E-state index in [0.29, 0.717) is 18.1 Å². The molecule has 1 saturated carbocycles. The van der Waals surface area contributed by atoms with Gasteiger partial charge in [0.25, 0.3) is 0 Å². The number of nitrogens with zero attached hydrogens (tertiary/aromatic N) is 2. The van der Waals surface area contributed by atoms with E-state index in [1.165, 1.54) is 12.0 Å². The van der Waals surface area contributed by atoms with Gasteiger partial charge in [0, 0.05) is 13.3 Å². The van der Waals surface area contributed by atoms with Crippen molar-refractivity contribution in [3.63, 3.8) is 0 Å². The van der Waals surface area contributed by atoms with Gasteiger partial charge in [0.15, 0.2) is 5.82 Å². The number of benzene rings is 1. The predicted molar refractivity (Wildman–Crippen MR) is 86.7 cm³/mol. The normalized spacial score (nSPS) is 16.9. The maximum absolute atomic E-state index is 11.6. The van der Waals surface area contributed by atoms with Crippen LogP contribution in [-0.2, 0) is 23.2 Å². The molecule has 122 valence electrons. The van der Waals surface area contributed by atoms with E-state index in [-0.39, 0.29) is 5.91 Å². The van der Waals surface area contributed by atoms with E-state index < -0.39 is 5.54 Å². The molecule has 1 amide bonds. The second kappa shape index (κ2) is 6.94. The summed E-state index contributed by atoms with van der Waals surface area (Å²) in [6.45, 7) is 1.55. The third-order valence-corrected chi connectivity index (χ3v) is 4.49. The van der Waals surface area contributed by atoms with E-state index in [4.69, 9.17) is 4.52 Å². The summed E-state index contributed by atoms with van der Waals surface area (Å²) < 4.78 is 5.43. The summed E-state index contributed by atoms with van der Waals surface area (Å²) in [6.07, 6.45) is 6.69. The Morgan fingerprint density at radius 3 is 2.61 bits per heavy atom. The van der Waals surface area contributed by atoms with Gasteiger partial charge in [-0.1, -0.05) is 54.8 Å². The van der Waals surface area contributed by atoms with Crippen LogP contribution in [0.15, 0.2) is 34.9 Å². The quantitative estimate of drug-likeness (QED) is 0.920. The molecule has 5 heteroatoms. The van der Waals surface area contributed by atoms with Crippen molar-refractivity contribution in [2.75, 3.05) is 0 Å².